The molecule has 0 aliphatic heterocycles. The van der Waals surface area contributed by atoms with E-state index in [9.17, 15) is 9.59 Å². The maximum atomic E-state index is 11.8. The van der Waals surface area contributed by atoms with E-state index in [1.807, 2.05) is 0 Å². The molecule has 0 aromatic carbocycles. The molecule has 0 radical (unpaired) electrons. The first kappa shape index (κ1) is 13.0. The summed E-state index contributed by atoms with van der Waals surface area (Å²) < 4.78 is 4.77. The molecule has 2 N–H and O–H groups in total. The summed E-state index contributed by atoms with van der Waals surface area (Å²) in [7, 11) is 1.33. The number of aliphatic hydroxyl groups excluding tert-OH is 1. The third kappa shape index (κ3) is 2.39. The second-order valence-electron chi connectivity index (χ2n) is 4.11. The molecule has 1 amide bonds. The number of hydrogen-bond donors (Lipinski definition) is 2. The first-order valence-electron chi connectivity index (χ1n) is 5.81. The summed E-state index contributed by atoms with van der Waals surface area (Å²) in [6.45, 7) is -0.594. The topological polar surface area (TPSA) is 75.6 Å². The molecule has 1 aliphatic carbocycles. The van der Waals surface area contributed by atoms with E-state index in [-0.39, 0.29) is 0 Å². The Kier molecular flexibility index (Phi) is 3.98. The molecule has 0 saturated carbocycles. The number of ether oxygens (including phenoxy) is 1. The van der Waals surface area contributed by atoms with Crippen molar-refractivity contribution < 1.29 is 19.4 Å². The number of carbonyl (C=O) groups is 2. The maximum absolute atomic E-state index is 11.8. The summed E-state index contributed by atoms with van der Waals surface area (Å²) in [5.41, 5.74) is 1.45. The number of carbonyl (C=O) groups excluding carboxylic acids is 2. The van der Waals surface area contributed by atoms with Crippen molar-refractivity contribution in [3.05, 3.63) is 16.0 Å². The Bertz CT molecular complexity index is 481. The molecular formula is C12H15NO4S. The van der Waals surface area contributed by atoms with Gasteiger partial charge < -0.3 is 15.2 Å². The summed E-state index contributed by atoms with van der Waals surface area (Å²) >= 11 is 1.41. The van der Waals surface area contributed by atoms with Gasteiger partial charge in [0.25, 0.3) is 5.91 Å². The fraction of sp³-hybridized carbons (Fsp3) is 0.500. The fourth-order valence-corrected chi connectivity index (χ4v) is 3.43. The Labute approximate surface area is 109 Å². The summed E-state index contributed by atoms with van der Waals surface area (Å²) in [5.74, 6) is -0.943. The molecule has 0 saturated heterocycles. The highest BCUT2D eigenvalue weighted by Gasteiger charge is 2.26. The van der Waals surface area contributed by atoms with E-state index >= 15 is 0 Å². The predicted octanol–water partition coefficient (Wildman–Crippen LogP) is 1.34. The monoisotopic (exact) mass is 269 g/mol. The predicted molar refractivity (Wildman–Crippen MR) is 68.0 cm³/mol. The van der Waals surface area contributed by atoms with Crippen LogP contribution in [-0.2, 0) is 22.4 Å². The molecule has 0 unspecified atom stereocenters. The van der Waals surface area contributed by atoms with Gasteiger partial charge in [-0.25, -0.2) is 4.79 Å². The summed E-state index contributed by atoms with van der Waals surface area (Å²) in [6, 6.07) is 0. The van der Waals surface area contributed by atoms with Gasteiger partial charge in [0, 0.05) is 4.88 Å². The molecule has 98 valence electrons. The Balaban J connectivity index is 2.41. The number of anilines is 1. The Morgan fingerprint density at radius 1 is 1.39 bits per heavy atom. The van der Waals surface area contributed by atoms with Crippen LogP contribution in [0.4, 0.5) is 5.00 Å². The van der Waals surface area contributed by atoms with Gasteiger partial charge in [0.15, 0.2) is 0 Å². The number of aliphatic hydroxyl groups is 1. The summed E-state index contributed by atoms with van der Waals surface area (Å²) in [4.78, 5) is 24.2. The lowest BCUT2D eigenvalue weighted by atomic mass is 9.95. The Morgan fingerprint density at radius 3 is 2.78 bits per heavy atom. The van der Waals surface area contributed by atoms with Gasteiger partial charge >= 0.3 is 5.97 Å². The number of fused-ring (bicyclic) bond motifs is 1. The number of esters is 1. The van der Waals surface area contributed by atoms with Crippen molar-refractivity contribution in [3.63, 3.8) is 0 Å². The van der Waals surface area contributed by atoms with Crippen LogP contribution in [-0.4, -0.2) is 30.7 Å². The quantitative estimate of drug-likeness (QED) is 0.812. The van der Waals surface area contributed by atoms with Gasteiger partial charge in [-0.05, 0) is 31.2 Å². The third-order valence-electron chi connectivity index (χ3n) is 2.96. The first-order valence-corrected chi connectivity index (χ1v) is 6.62. The SMILES string of the molecule is COC(=O)c1c(NC(=O)CO)sc2c1CCCC2. The van der Waals surface area contributed by atoms with E-state index < -0.39 is 18.5 Å². The number of nitrogens with one attached hydrogen (secondary N) is 1. The standard InChI is InChI=1S/C12H15NO4S/c1-17-12(16)10-7-4-2-3-5-8(7)18-11(10)13-9(15)6-14/h14H,2-6H2,1H3,(H,13,15). The zero-order valence-electron chi connectivity index (χ0n) is 10.1. The molecular weight excluding hydrogens is 254 g/mol. The van der Waals surface area contributed by atoms with Crippen molar-refractivity contribution in [2.75, 3.05) is 19.0 Å². The third-order valence-corrected chi connectivity index (χ3v) is 4.16. The van der Waals surface area contributed by atoms with Gasteiger partial charge in [-0.2, -0.15) is 0 Å². The lowest BCUT2D eigenvalue weighted by Crippen LogP contribution is -2.17. The van der Waals surface area contributed by atoms with Crippen LogP contribution in [0.5, 0.6) is 0 Å². The van der Waals surface area contributed by atoms with Crippen molar-refractivity contribution in [2.24, 2.45) is 0 Å². The van der Waals surface area contributed by atoms with Gasteiger partial charge in [0.1, 0.15) is 11.6 Å². The molecule has 0 spiro atoms. The number of aryl methyl sites for hydroxylation is 1. The molecule has 2 rings (SSSR count). The molecule has 5 nitrogen and oxygen atoms in total. The van der Waals surface area contributed by atoms with Crippen LogP contribution in [0, 0.1) is 0 Å². The van der Waals surface area contributed by atoms with Crippen molar-refractivity contribution in [1.29, 1.82) is 0 Å². The van der Waals surface area contributed by atoms with Gasteiger partial charge in [-0.3, -0.25) is 4.79 Å². The number of hydrogen-bond acceptors (Lipinski definition) is 5. The zero-order chi connectivity index (χ0) is 13.1. The largest absolute Gasteiger partial charge is 0.465 e. The average Bonchev–Trinajstić information content (AvgIpc) is 2.75. The molecule has 1 aromatic rings. The molecule has 18 heavy (non-hydrogen) atoms. The number of amides is 1. The summed E-state index contributed by atoms with van der Waals surface area (Å²) in [6.07, 6.45) is 3.91. The van der Waals surface area contributed by atoms with E-state index in [0.717, 1.165) is 36.1 Å². The molecule has 1 aliphatic rings. The lowest BCUT2D eigenvalue weighted by Gasteiger charge is -2.11. The van der Waals surface area contributed by atoms with Gasteiger partial charge in [0.05, 0.1) is 12.7 Å². The molecule has 0 fully saturated rings. The lowest BCUT2D eigenvalue weighted by molar-refractivity contribution is -0.118. The first-order chi connectivity index (χ1) is 8.67. The highest BCUT2D eigenvalue weighted by molar-refractivity contribution is 7.17. The zero-order valence-corrected chi connectivity index (χ0v) is 10.9. The van der Waals surface area contributed by atoms with Crippen LogP contribution in [0.1, 0.15) is 33.6 Å². The van der Waals surface area contributed by atoms with Gasteiger partial charge in [-0.15, -0.1) is 11.3 Å². The highest BCUT2D eigenvalue weighted by atomic mass is 32.1. The Morgan fingerprint density at radius 2 is 2.11 bits per heavy atom. The van der Waals surface area contributed by atoms with Crippen LogP contribution in [0.3, 0.4) is 0 Å². The van der Waals surface area contributed by atoms with Crippen LogP contribution < -0.4 is 5.32 Å². The number of thiophene rings is 1. The fourth-order valence-electron chi connectivity index (χ4n) is 2.14. The highest BCUT2D eigenvalue weighted by Crippen LogP contribution is 2.38. The van der Waals surface area contributed by atoms with Crippen LogP contribution in [0.2, 0.25) is 0 Å². The van der Waals surface area contributed by atoms with E-state index in [1.54, 1.807) is 0 Å². The average molecular weight is 269 g/mol. The van der Waals surface area contributed by atoms with Crippen LogP contribution in [0.25, 0.3) is 0 Å². The van der Waals surface area contributed by atoms with Crippen molar-refractivity contribution >= 4 is 28.2 Å². The molecule has 0 bridgehead atoms. The van der Waals surface area contributed by atoms with Gasteiger partial charge in [0.2, 0.25) is 0 Å². The number of rotatable bonds is 3. The molecule has 1 aromatic heterocycles. The Hall–Kier alpha value is -1.40. The number of methoxy groups -OCH3 is 1. The minimum atomic E-state index is -0.594. The molecule has 6 heteroatoms. The maximum Gasteiger partial charge on any atom is 0.341 e. The minimum Gasteiger partial charge on any atom is -0.465 e. The van der Waals surface area contributed by atoms with Gasteiger partial charge in [-0.1, -0.05) is 0 Å². The smallest absolute Gasteiger partial charge is 0.341 e. The van der Waals surface area contributed by atoms with Crippen LogP contribution >= 0.6 is 11.3 Å². The van der Waals surface area contributed by atoms with E-state index in [2.05, 4.69) is 5.32 Å². The van der Waals surface area contributed by atoms with Crippen molar-refractivity contribution in [3.8, 4) is 0 Å². The van der Waals surface area contributed by atoms with Crippen molar-refractivity contribution in [2.45, 2.75) is 25.7 Å². The normalized spacial score (nSPS) is 13.9. The van der Waals surface area contributed by atoms with Crippen LogP contribution in [0.15, 0.2) is 0 Å². The van der Waals surface area contributed by atoms with E-state index in [1.165, 1.54) is 18.4 Å². The second kappa shape index (κ2) is 5.49. The minimum absolute atomic E-state index is 0.428. The van der Waals surface area contributed by atoms with E-state index in [4.69, 9.17) is 9.84 Å². The molecule has 1 heterocycles. The van der Waals surface area contributed by atoms with E-state index in [0.29, 0.717) is 10.6 Å². The summed E-state index contributed by atoms with van der Waals surface area (Å²) in [5, 5.41) is 11.8. The van der Waals surface area contributed by atoms with Crippen molar-refractivity contribution in [1.82, 2.24) is 0 Å². The second-order valence-corrected chi connectivity index (χ2v) is 5.22. The molecule has 0 atom stereocenters.